The second-order valence-corrected chi connectivity index (χ2v) is 7.91. The molecule has 0 bridgehead atoms. The number of nitrogens with zero attached hydrogens (tertiary/aromatic N) is 1. The van der Waals surface area contributed by atoms with Crippen LogP contribution in [0, 0.1) is 11.8 Å². The Hall–Kier alpha value is -1.40. The third-order valence-electron chi connectivity index (χ3n) is 4.06. The van der Waals surface area contributed by atoms with Crippen LogP contribution in [0.2, 0.25) is 0 Å². The van der Waals surface area contributed by atoms with Gasteiger partial charge in [0.15, 0.2) is 0 Å². The second kappa shape index (κ2) is 5.77. The van der Waals surface area contributed by atoms with Crippen LogP contribution in [0.1, 0.15) is 32.3 Å². The minimum absolute atomic E-state index is 0.0464. The average Bonchev–Trinajstić information content (AvgIpc) is 2.82. The second-order valence-electron chi connectivity index (χ2n) is 5.97. The molecule has 1 aliphatic heterocycles. The Morgan fingerprint density at radius 2 is 2.00 bits per heavy atom. The summed E-state index contributed by atoms with van der Waals surface area (Å²) >= 11 is 0. The van der Waals surface area contributed by atoms with Crippen molar-refractivity contribution in [2.24, 2.45) is 11.8 Å². The normalized spacial score (nSPS) is 23.6. The standard InChI is InChI=1S/C15H21NO4S/c1-10(2)12-5-4-6-13(7-12)21(19,20)16-8-11(3)14(9-16)15(17)18/h4-7,10-11,14H,8-9H2,1-3H3,(H,17,18)/t11-,14-/m1/s1. The highest BCUT2D eigenvalue weighted by Gasteiger charge is 2.40. The van der Waals surface area contributed by atoms with Crippen LogP contribution in [-0.2, 0) is 14.8 Å². The summed E-state index contributed by atoms with van der Waals surface area (Å²) in [6.45, 7) is 6.09. The number of sulfonamides is 1. The van der Waals surface area contributed by atoms with Crippen LogP contribution >= 0.6 is 0 Å². The van der Waals surface area contributed by atoms with Crippen molar-refractivity contribution in [3.05, 3.63) is 29.8 Å². The highest BCUT2D eigenvalue weighted by Crippen LogP contribution is 2.29. The van der Waals surface area contributed by atoms with Crippen molar-refractivity contribution >= 4 is 16.0 Å². The van der Waals surface area contributed by atoms with E-state index in [1.165, 1.54) is 4.31 Å². The number of carboxylic acid groups (broad SMARTS) is 1. The summed E-state index contributed by atoms with van der Waals surface area (Å²) in [5.74, 6) is -1.50. The van der Waals surface area contributed by atoms with Gasteiger partial charge in [0.2, 0.25) is 10.0 Å². The van der Waals surface area contributed by atoms with Gasteiger partial charge in [0.05, 0.1) is 10.8 Å². The van der Waals surface area contributed by atoms with E-state index in [0.29, 0.717) is 0 Å². The summed E-state index contributed by atoms with van der Waals surface area (Å²) in [6, 6.07) is 6.88. The van der Waals surface area contributed by atoms with E-state index in [0.717, 1.165) is 5.56 Å². The van der Waals surface area contributed by atoms with E-state index in [2.05, 4.69) is 0 Å². The summed E-state index contributed by atoms with van der Waals surface area (Å²) in [7, 11) is -3.62. The molecule has 1 heterocycles. The quantitative estimate of drug-likeness (QED) is 0.924. The molecule has 0 aromatic heterocycles. The smallest absolute Gasteiger partial charge is 0.308 e. The molecule has 1 saturated heterocycles. The van der Waals surface area contributed by atoms with Gasteiger partial charge in [-0.15, -0.1) is 0 Å². The number of hydrogen-bond acceptors (Lipinski definition) is 3. The Labute approximate surface area is 125 Å². The molecular weight excluding hydrogens is 290 g/mol. The zero-order chi connectivity index (χ0) is 15.8. The lowest BCUT2D eigenvalue weighted by Crippen LogP contribution is -2.30. The van der Waals surface area contributed by atoms with Gasteiger partial charge in [-0.3, -0.25) is 4.79 Å². The van der Waals surface area contributed by atoms with E-state index in [4.69, 9.17) is 5.11 Å². The molecule has 0 radical (unpaired) electrons. The summed E-state index contributed by atoms with van der Waals surface area (Å²) < 4.78 is 26.6. The SMILES string of the molecule is CC(C)c1cccc(S(=O)(=O)N2C[C@@H](C)[C@H](C(=O)O)C2)c1. The van der Waals surface area contributed by atoms with Crippen LogP contribution in [-0.4, -0.2) is 36.9 Å². The lowest BCUT2D eigenvalue weighted by Gasteiger charge is -2.17. The maximum atomic E-state index is 12.7. The first kappa shape index (κ1) is 16.0. The van der Waals surface area contributed by atoms with Gasteiger partial charge < -0.3 is 5.11 Å². The summed E-state index contributed by atoms with van der Waals surface area (Å²) in [5, 5.41) is 9.13. The first-order valence-corrected chi connectivity index (χ1v) is 8.50. The molecule has 1 aromatic carbocycles. The van der Waals surface area contributed by atoms with Gasteiger partial charge in [-0.05, 0) is 29.5 Å². The van der Waals surface area contributed by atoms with Crippen molar-refractivity contribution < 1.29 is 18.3 Å². The van der Waals surface area contributed by atoms with Gasteiger partial charge >= 0.3 is 5.97 Å². The van der Waals surface area contributed by atoms with Crippen LogP contribution in [0.5, 0.6) is 0 Å². The van der Waals surface area contributed by atoms with Gasteiger partial charge in [-0.25, -0.2) is 8.42 Å². The number of benzene rings is 1. The highest BCUT2D eigenvalue weighted by molar-refractivity contribution is 7.89. The third kappa shape index (κ3) is 3.11. The molecular formula is C15H21NO4S. The number of carbonyl (C=O) groups is 1. The van der Waals surface area contributed by atoms with Crippen molar-refractivity contribution in [3.8, 4) is 0 Å². The monoisotopic (exact) mass is 311 g/mol. The number of carboxylic acids is 1. The highest BCUT2D eigenvalue weighted by atomic mass is 32.2. The average molecular weight is 311 g/mol. The molecule has 1 aromatic rings. The van der Waals surface area contributed by atoms with Crippen molar-refractivity contribution in [3.63, 3.8) is 0 Å². The summed E-state index contributed by atoms with van der Waals surface area (Å²) in [5.41, 5.74) is 0.957. The molecule has 0 amide bonds. The van der Waals surface area contributed by atoms with Gasteiger partial charge in [-0.2, -0.15) is 4.31 Å². The molecule has 1 fully saturated rings. The van der Waals surface area contributed by atoms with E-state index in [1.807, 2.05) is 19.9 Å². The van der Waals surface area contributed by atoms with Crippen LogP contribution in [0.4, 0.5) is 0 Å². The molecule has 2 atom stereocenters. The van der Waals surface area contributed by atoms with Crippen LogP contribution in [0.3, 0.4) is 0 Å². The first-order chi connectivity index (χ1) is 9.73. The Balaban J connectivity index is 2.31. The van der Waals surface area contributed by atoms with Crippen molar-refractivity contribution in [1.82, 2.24) is 4.31 Å². The number of aliphatic carboxylic acids is 1. The third-order valence-corrected chi connectivity index (χ3v) is 5.89. The van der Waals surface area contributed by atoms with Crippen molar-refractivity contribution in [2.75, 3.05) is 13.1 Å². The molecule has 1 aliphatic rings. The van der Waals surface area contributed by atoms with Gasteiger partial charge in [0.1, 0.15) is 0 Å². The lowest BCUT2D eigenvalue weighted by atomic mass is 9.99. The van der Waals surface area contributed by atoms with Gasteiger partial charge in [0.25, 0.3) is 0 Å². The predicted octanol–water partition coefficient (Wildman–Crippen LogP) is 2.15. The molecule has 116 valence electrons. The van der Waals surface area contributed by atoms with E-state index in [-0.39, 0.29) is 29.8 Å². The van der Waals surface area contributed by atoms with Crippen molar-refractivity contribution in [1.29, 1.82) is 0 Å². The zero-order valence-electron chi connectivity index (χ0n) is 12.5. The molecule has 0 spiro atoms. The topological polar surface area (TPSA) is 74.7 Å². The van der Waals surface area contributed by atoms with Crippen LogP contribution < -0.4 is 0 Å². The Bertz CT molecular complexity index is 639. The molecule has 1 N–H and O–H groups in total. The minimum Gasteiger partial charge on any atom is -0.481 e. The van der Waals surface area contributed by atoms with E-state index >= 15 is 0 Å². The van der Waals surface area contributed by atoms with E-state index in [9.17, 15) is 13.2 Å². The molecule has 2 rings (SSSR count). The first-order valence-electron chi connectivity index (χ1n) is 7.06. The van der Waals surface area contributed by atoms with Crippen molar-refractivity contribution in [2.45, 2.75) is 31.6 Å². The number of hydrogen-bond donors (Lipinski definition) is 1. The largest absolute Gasteiger partial charge is 0.481 e. The van der Waals surface area contributed by atoms with Gasteiger partial charge in [-0.1, -0.05) is 32.9 Å². The van der Waals surface area contributed by atoms with Crippen LogP contribution in [0.25, 0.3) is 0 Å². The maximum Gasteiger partial charge on any atom is 0.308 e. The molecule has 0 unspecified atom stereocenters. The van der Waals surface area contributed by atoms with E-state index < -0.39 is 21.9 Å². The molecule has 5 nitrogen and oxygen atoms in total. The fourth-order valence-corrected chi connectivity index (χ4v) is 4.25. The lowest BCUT2D eigenvalue weighted by molar-refractivity contribution is -0.142. The summed E-state index contributed by atoms with van der Waals surface area (Å²) in [4.78, 5) is 11.4. The zero-order valence-corrected chi connectivity index (χ0v) is 13.3. The predicted molar refractivity (Wildman–Crippen MR) is 79.6 cm³/mol. The Morgan fingerprint density at radius 3 is 2.52 bits per heavy atom. The molecule has 0 saturated carbocycles. The fourth-order valence-electron chi connectivity index (χ4n) is 2.62. The van der Waals surface area contributed by atoms with Crippen LogP contribution in [0.15, 0.2) is 29.2 Å². The fraction of sp³-hybridized carbons (Fsp3) is 0.533. The molecule has 0 aliphatic carbocycles. The maximum absolute atomic E-state index is 12.7. The Morgan fingerprint density at radius 1 is 1.33 bits per heavy atom. The van der Waals surface area contributed by atoms with E-state index in [1.54, 1.807) is 25.1 Å². The molecule has 21 heavy (non-hydrogen) atoms. The summed E-state index contributed by atoms with van der Waals surface area (Å²) in [6.07, 6.45) is 0. The minimum atomic E-state index is -3.62. The molecule has 6 heteroatoms. The number of rotatable bonds is 4. The Kier molecular flexibility index (Phi) is 4.39. The van der Waals surface area contributed by atoms with Gasteiger partial charge in [0, 0.05) is 13.1 Å².